The number of carbonyl (C=O) groups is 1. The lowest BCUT2D eigenvalue weighted by molar-refractivity contribution is -0.123. The highest BCUT2D eigenvalue weighted by atomic mass is 79.9. The van der Waals surface area contributed by atoms with Crippen LogP contribution in [-0.2, 0) is 4.79 Å². The fraction of sp³-hybridized carbons (Fsp3) is 0.190. The first kappa shape index (κ1) is 16.2. The smallest absolute Gasteiger partial charge is 0.224 e. The largest absolute Gasteiger partial charge is 0.467 e. The Bertz CT molecular complexity index is 843. The van der Waals surface area contributed by atoms with Gasteiger partial charge < -0.3 is 9.73 Å². The highest BCUT2D eigenvalue weighted by Gasteiger charge is 2.44. The van der Waals surface area contributed by atoms with Crippen molar-refractivity contribution in [1.29, 1.82) is 0 Å². The number of furan rings is 1. The van der Waals surface area contributed by atoms with E-state index in [9.17, 15) is 4.79 Å². The summed E-state index contributed by atoms with van der Waals surface area (Å²) < 4.78 is 6.61. The number of carbonyl (C=O) groups excluding carboxylic acids is 1. The molecular weight excluding hydrogens is 378 g/mol. The van der Waals surface area contributed by atoms with Crippen LogP contribution in [0.1, 0.15) is 35.3 Å². The average Bonchev–Trinajstić information content (AvgIpc) is 3.26. The summed E-state index contributed by atoms with van der Waals surface area (Å²) in [5, 5.41) is 3.17. The molecule has 4 heteroatoms. The minimum atomic E-state index is -0.255. The molecule has 0 spiro atoms. The topological polar surface area (TPSA) is 42.2 Å². The van der Waals surface area contributed by atoms with Gasteiger partial charge in [-0.05, 0) is 47.7 Å². The van der Waals surface area contributed by atoms with Gasteiger partial charge in [-0.15, -0.1) is 0 Å². The van der Waals surface area contributed by atoms with E-state index in [0.29, 0.717) is 5.92 Å². The van der Waals surface area contributed by atoms with E-state index in [0.717, 1.165) is 22.2 Å². The molecule has 0 aliphatic heterocycles. The lowest BCUT2D eigenvalue weighted by Gasteiger charge is -2.17. The minimum Gasteiger partial charge on any atom is -0.467 e. The Morgan fingerprint density at radius 1 is 1.04 bits per heavy atom. The van der Waals surface area contributed by atoms with Crippen LogP contribution >= 0.6 is 15.9 Å². The van der Waals surface area contributed by atoms with E-state index in [-0.39, 0.29) is 17.9 Å². The zero-order valence-electron chi connectivity index (χ0n) is 13.6. The molecule has 1 amide bonds. The van der Waals surface area contributed by atoms with Crippen LogP contribution in [0.2, 0.25) is 0 Å². The molecule has 3 nitrogen and oxygen atoms in total. The molecule has 3 aromatic rings. The molecule has 1 N–H and O–H groups in total. The molecule has 1 aliphatic rings. The third-order valence-electron chi connectivity index (χ3n) is 4.67. The van der Waals surface area contributed by atoms with Crippen LogP contribution in [0.15, 0.2) is 81.9 Å². The van der Waals surface area contributed by atoms with E-state index in [1.54, 1.807) is 6.26 Å². The summed E-state index contributed by atoms with van der Waals surface area (Å²) in [6.07, 6.45) is 2.53. The van der Waals surface area contributed by atoms with Crippen molar-refractivity contribution in [3.05, 3.63) is 94.4 Å². The highest BCUT2D eigenvalue weighted by molar-refractivity contribution is 9.10. The molecule has 1 aliphatic carbocycles. The third kappa shape index (κ3) is 3.54. The number of benzene rings is 2. The summed E-state index contributed by atoms with van der Waals surface area (Å²) in [6, 6.07) is 21.6. The summed E-state index contributed by atoms with van der Waals surface area (Å²) in [6.45, 7) is 0. The molecular formula is C21H18BrNO2. The van der Waals surface area contributed by atoms with Crippen LogP contribution in [0.3, 0.4) is 0 Å². The summed E-state index contributed by atoms with van der Waals surface area (Å²) >= 11 is 3.45. The molecule has 25 heavy (non-hydrogen) atoms. The monoisotopic (exact) mass is 395 g/mol. The summed E-state index contributed by atoms with van der Waals surface area (Å²) in [5.74, 6) is 1.17. The number of halogens is 1. The summed E-state index contributed by atoms with van der Waals surface area (Å²) in [4.78, 5) is 12.8. The minimum absolute atomic E-state index is 0.0300. The van der Waals surface area contributed by atoms with E-state index in [1.165, 1.54) is 5.56 Å². The van der Waals surface area contributed by atoms with Crippen LogP contribution in [0, 0.1) is 5.92 Å². The Morgan fingerprint density at radius 2 is 1.80 bits per heavy atom. The van der Waals surface area contributed by atoms with Gasteiger partial charge in [-0.1, -0.05) is 58.4 Å². The standard InChI is InChI=1S/C21H18BrNO2/c22-16-10-8-14(9-11-16)17-13-18(17)21(24)23-20(19-7-4-12-25-19)15-5-2-1-3-6-15/h1-12,17-18,20H,13H2,(H,23,24). The second kappa shape index (κ2) is 6.89. The van der Waals surface area contributed by atoms with Gasteiger partial charge >= 0.3 is 0 Å². The molecule has 3 atom stereocenters. The van der Waals surface area contributed by atoms with Crippen molar-refractivity contribution in [3.8, 4) is 0 Å². The fourth-order valence-corrected chi connectivity index (χ4v) is 3.50. The van der Waals surface area contributed by atoms with E-state index < -0.39 is 0 Å². The first-order valence-electron chi connectivity index (χ1n) is 8.36. The SMILES string of the molecule is O=C(NC(c1ccccc1)c1ccco1)C1CC1c1ccc(Br)cc1. The van der Waals surface area contributed by atoms with Gasteiger partial charge in [0.2, 0.25) is 5.91 Å². The third-order valence-corrected chi connectivity index (χ3v) is 5.20. The molecule has 1 heterocycles. The van der Waals surface area contributed by atoms with Crippen LogP contribution in [0.25, 0.3) is 0 Å². The van der Waals surface area contributed by atoms with Crippen molar-refractivity contribution in [2.45, 2.75) is 18.4 Å². The van der Waals surface area contributed by atoms with E-state index >= 15 is 0 Å². The Morgan fingerprint density at radius 3 is 2.48 bits per heavy atom. The second-order valence-electron chi connectivity index (χ2n) is 6.37. The number of hydrogen-bond donors (Lipinski definition) is 1. The molecule has 1 fully saturated rings. The van der Waals surface area contributed by atoms with Crippen molar-refractivity contribution in [2.24, 2.45) is 5.92 Å². The summed E-state index contributed by atoms with van der Waals surface area (Å²) in [5.41, 5.74) is 2.24. The van der Waals surface area contributed by atoms with Crippen molar-refractivity contribution < 1.29 is 9.21 Å². The molecule has 1 aromatic heterocycles. The second-order valence-corrected chi connectivity index (χ2v) is 7.28. The molecule has 4 rings (SSSR count). The van der Waals surface area contributed by atoms with E-state index in [1.807, 2.05) is 54.6 Å². The molecule has 0 radical (unpaired) electrons. The van der Waals surface area contributed by atoms with E-state index in [4.69, 9.17) is 4.42 Å². The molecule has 3 unspecified atom stereocenters. The normalized spacial score (nSPS) is 20.0. The van der Waals surface area contributed by atoms with Gasteiger partial charge in [-0.2, -0.15) is 0 Å². The number of nitrogens with one attached hydrogen (secondary N) is 1. The summed E-state index contributed by atoms with van der Waals surface area (Å²) in [7, 11) is 0. The predicted octanol–water partition coefficient (Wildman–Crippen LogP) is 5.05. The number of amides is 1. The number of rotatable bonds is 5. The first-order chi connectivity index (χ1) is 12.2. The molecule has 1 saturated carbocycles. The Hall–Kier alpha value is -2.33. The van der Waals surface area contributed by atoms with Crippen LogP contribution in [0.4, 0.5) is 0 Å². The Balaban J connectivity index is 1.49. The van der Waals surface area contributed by atoms with Gasteiger partial charge in [0.25, 0.3) is 0 Å². The molecule has 0 bridgehead atoms. The van der Waals surface area contributed by atoms with Crippen LogP contribution < -0.4 is 5.32 Å². The van der Waals surface area contributed by atoms with Gasteiger partial charge in [-0.3, -0.25) is 4.79 Å². The highest BCUT2D eigenvalue weighted by Crippen LogP contribution is 2.48. The van der Waals surface area contributed by atoms with Gasteiger partial charge in [0, 0.05) is 10.4 Å². The Labute approximate surface area is 155 Å². The lowest BCUT2D eigenvalue weighted by atomic mass is 10.0. The van der Waals surface area contributed by atoms with Crippen LogP contribution in [0.5, 0.6) is 0 Å². The van der Waals surface area contributed by atoms with Crippen molar-refractivity contribution >= 4 is 21.8 Å². The maximum absolute atomic E-state index is 12.8. The quantitative estimate of drug-likeness (QED) is 0.656. The van der Waals surface area contributed by atoms with Crippen molar-refractivity contribution in [2.75, 3.05) is 0 Å². The Kier molecular flexibility index (Phi) is 4.45. The van der Waals surface area contributed by atoms with E-state index in [2.05, 4.69) is 33.4 Å². The van der Waals surface area contributed by atoms with Gasteiger partial charge in [0.05, 0.1) is 6.26 Å². The van der Waals surface area contributed by atoms with Gasteiger partial charge in [0.1, 0.15) is 11.8 Å². The predicted molar refractivity (Wildman–Crippen MR) is 100 cm³/mol. The van der Waals surface area contributed by atoms with Crippen molar-refractivity contribution in [3.63, 3.8) is 0 Å². The molecule has 0 saturated heterocycles. The van der Waals surface area contributed by atoms with Crippen LogP contribution in [-0.4, -0.2) is 5.91 Å². The average molecular weight is 396 g/mol. The lowest BCUT2D eigenvalue weighted by Crippen LogP contribution is -2.30. The van der Waals surface area contributed by atoms with Gasteiger partial charge in [-0.25, -0.2) is 0 Å². The van der Waals surface area contributed by atoms with Gasteiger partial charge in [0.15, 0.2) is 0 Å². The van der Waals surface area contributed by atoms with Crippen molar-refractivity contribution in [1.82, 2.24) is 5.32 Å². The maximum Gasteiger partial charge on any atom is 0.224 e. The zero-order valence-corrected chi connectivity index (χ0v) is 15.1. The molecule has 126 valence electrons. The number of hydrogen-bond acceptors (Lipinski definition) is 2. The maximum atomic E-state index is 12.8. The first-order valence-corrected chi connectivity index (χ1v) is 9.16. The fourth-order valence-electron chi connectivity index (χ4n) is 3.23. The molecule has 2 aromatic carbocycles. The zero-order chi connectivity index (χ0) is 17.2.